The Bertz CT molecular complexity index is 824. The molecule has 33 heavy (non-hydrogen) atoms. The van der Waals surface area contributed by atoms with Crippen molar-refractivity contribution in [3.63, 3.8) is 0 Å². The lowest BCUT2D eigenvalue weighted by Gasteiger charge is -2.27. The lowest BCUT2D eigenvalue weighted by atomic mass is 10.1. The number of amides is 3. The molecule has 0 fully saturated rings. The third-order valence-electron chi connectivity index (χ3n) is 4.17. The molecule has 3 amide bonds. The molecule has 11 nitrogen and oxygen atoms in total. The summed E-state index contributed by atoms with van der Waals surface area (Å²) < 4.78 is 0.840. The lowest BCUT2D eigenvalue weighted by molar-refractivity contribution is -0.116. The highest BCUT2D eigenvalue weighted by atomic mass is 127. The molecule has 0 spiro atoms. The van der Waals surface area contributed by atoms with Gasteiger partial charge < -0.3 is 41.1 Å². The molecule has 1 rings (SSSR count). The monoisotopic (exact) mass is 825 g/mol. The molecule has 0 aliphatic carbocycles. The number of nitrogens with zero attached hydrogens (tertiary/aromatic N) is 1. The number of rotatable bonds is 12. The normalized spacial score (nSPS) is 12.8. The predicted octanol–water partition coefficient (Wildman–Crippen LogP) is -0.770. The van der Waals surface area contributed by atoms with Gasteiger partial charge in [-0.3, -0.25) is 14.4 Å². The van der Waals surface area contributed by atoms with Gasteiger partial charge in [-0.15, -0.1) is 11.6 Å². The number of hydrogen-bond acceptors (Lipinski definition) is 8. The Morgan fingerprint density at radius 3 is 1.61 bits per heavy atom. The zero-order valence-electron chi connectivity index (χ0n) is 17.0. The van der Waals surface area contributed by atoms with Crippen LogP contribution in [0.25, 0.3) is 0 Å². The van der Waals surface area contributed by atoms with E-state index in [1.807, 2.05) is 67.8 Å². The van der Waals surface area contributed by atoms with Gasteiger partial charge in [0.15, 0.2) is 0 Å². The van der Waals surface area contributed by atoms with E-state index in [-0.39, 0.29) is 40.0 Å². The minimum absolute atomic E-state index is 0.0370. The summed E-state index contributed by atoms with van der Waals surface area (Å²) in [5.74, 6) is -2.31. The first-order valence-electron chi connectivity index (χ1n) is 9.37. The summed E-state index contributed by atoms with van der Waals surface area (Å²) in [6, 6.07) is 0. The SMILES string of the molecule is O=C(NCC(O)CO)c1c(I)c(C(=O)NCC(O)CO)c(I)c(N(CCO)C(=O)CCl)c1I. The number of aliphatic hydroxyl groups is 5. The predicted molar refractivity (Wildman–Crippen MR) is 146 cm³/mol. The van der Waals surface area contributed by atoms with E-state index in [9.17, 15) is 29.7 Å². The van der Waals surface area contributed by atoms with Gasteiger partial charge in [0.2, 0.25) is 5.91 Å². The Balaban J connectivity index is 3.71. The highest BCUT2D eigenvalue weighted by Crippen LogP contribution is 2.38. The summed E-state index contributed by atoms with van der Waals surface area (Å²) in [5, 5.41) is 51.5. The van der Waals surface area contributed by atoms with Crippen LogP contribution in [-0.2, 0) is 4.79 Å². The topological polar surface area (TPSA) is 180 Å². The maximum absolute atomic E-state index is 13.0. The Morgan fingerprint density at radius 1 is 0.848 bits per heavy atom. The Morgan fingerprint density at radius 2 is 1.27 bits per heavy atom. The molecule has 2 unspecified atom stereocenters. The van der Waals surface area contributed by atoms with Crippen molar-refractivity contribution in [2.24, 2.45) is 0 Å². The zero-order chi connectivity index (χ0) is 25.3. The molecule has 0 heterocycles. The standard InChI is InChI=1S/C18H23ClI3N3O8/c19-3-10(31)25(1-2-26)16-14(21)11(17(32)23-4-8(29)6-27)13(20)12(15(16)22)18(33)24-5-9(30)7-28/h8-9,26-30H,1-7H2,(H,23,32)(H,24,33). The summed E-state index contributed by atoms with van der Waals surface area (Å²) in [5.41, 5.74) is 0.266. The lowest BCUT2D eigenvalue weighted by Crippen LogP contribution is -2.39. The van der Waals surface area contributed by atoms with Gasteiger partial charge in [-0.2, -0.15) is 0 Å². The molecule has 1 aromatic carbocycles. The van der Waals surface area contributed by atoms with E-state index in [1.54, 1.807) is 0 Å². The van der Waals surface area contributed by atoms with Crippen molar-refractivity contribution in [2.75, 3.05) is 50.2 Å². The van der Waals surface area contributed by atoms with Crippen LogP contribution in [0.2, 0.25) is 0 Å². The van der Waals surface area contributed by atoms with Crippen LogP contribution in [0.15, 0.2) is 0 Å². The van der Waals surface area contributed by atoms with Gasteiger partial charge in [0, 0.05) is 23.2 Å². The van der Waals surface area contributed by atoms with Crippen LogP contribution in [0.5, 0.6) is 0 Å². The number of nitrogens with one attached hydrogen (secondary N) is 2. The Labute approximate surface area is 235 Å². The van der Waals surface area contributed by atoms with Gasteiger partial charge in [-0.25, -0.2) is 0 Å². The minimum atomic E-state index is -1.20. The van der Waals surface area contributed by atoms with Gasteiger partial charge in [0.1, 0.15) is 5.88 Å². The van der Waals surface area contributed by atoms with Crippen LogP contribution in [0.1, 0.15) is 20.7 Å². The maximum Gasteiger partial charge on any atom is 0.253 e. The van der Waals surface area contributed by atoms with Crippen LogP contribution >= 0.6 is 79.4 Å². The van der Waals surface area contributed by atoms with Crippen LogP contribution in [0, 0.1) is 10.7 Å². The minimum Gasteiger partial charge on any atom is -0.395 e. The number of aliphatic hydroxyl groups excluding tert-OH is 5. The van der Waals surface area contributed by atoms with Crippen molar-refractivity contribution < 1.29 is 39.9 Å². The molecule has 0 radical (unpaired) electrons. The van der Waals surface area contributed by atoms with E-state index >= 15 is 0 Å². The average Bonchev–Trinajstić information content (AvgIpc) is 2.79. The third kappa shape index (κ3) is 8.23. The number of halogens is 4. The van der Waals surface area contributed by atoms with Crippen LogP contribution in [0.3, 0.4) is 0 Å². The van der Waals surface area contributed by atoms with E-state index in [2.05, 4.69) is 10.6 Å². The second-order valence-corrected chi connectivity index (χ2v) is 10.0. The Kier molecular flexibility index (Phi) is 14.2. The second-order valence-electron chi connectivity index (χ2n) is 6.54. The first-order valence-corrected chi connectivity index (χ1v) is 13.1. The molecule has 0 aromatic heterocycles. The van der Waals surface area contributed by atoms with Crippen molar-refractivity contribution in [1.29, 1.82) is 0 Å². The van der Waals surface area contributed by atoms with Crippen molar-refractivity contribution in [3.8, 4) is 0 Å². The number of hydrogen-bond donors (Lipinski definition) is 7. The fourth-order valence-corrected chi connectivity index (χ4v) is 7.42. The average molecular weight is 826 g/mol. The number of alkyl halides is 1. The van der Waals surface area contributed by atoms with Crippen LogP contribution in [-0.4, -0.2) is 101 Å². The molecule has 0 saturated carbocycles. The Hall–Kier alpha value is -0.0900. The van der Waals surface area contributed by atoms with Crippen molar-refractivity contribution in [2.45, 2.75) is 12.2 Å². The fraction of sp³-hybridized carbons (Fsp3) is 0.500. The van der Waals surface area contributed by atoms with Gasteiger partial charge >= 0.3 is 0 Å². The first-order chi connectivity index (χ1) is 15.5. The third-order valence-corrected chi connectivity index (χ3v) is 7.58. The molecular formula is C18H23ClI3N3O8. The van der Waals surface area contributed by atoms with Gasteiger partial charge in [-0.05, 0) is 67.8 Å². The van der Waals surface area contributed by atoms with Gasteiger partial charge in [-0.1, -0.05) is 0 Å². The van der Waals surface area contributed by atoms with Crippen molar-refractivity contribution in [3.05, 3.63) is 21.8 Å². The maximum atomic E-state index is 13.0. The van der Waals surface area contributed by atoms with Crippen LogP contribution in [0.4, 0.5) is 5.69 Å². The molecule has 0 bridgehead atoms. The molecule has 15 heteroatoms. The first kappa shape index (κ1) is 30.9. The quantitative estimate of drug-likeness (QED) is 0.106. The highest BCUT2D eigenvalue weighted by Gasteiger charge is 2.32. The number of carbonyl (C=O) groups excluding carboxylic acids is 3. The molecule has 0 aliphatic rings. The molecule has 186 valence electrons. The van der Waals surface area contributed by atoms with E-state index in [0.29, 0.717) is 7.14 Å². The van der Waals surface area contributed by atoms with E-state index in [4.69, 9.17) is 21.8 Å². The highest BCUT2D eigenvalue weighted by molar-refractivity contribution is 14.1. The molecule has 0 saturated heterocycles. The molecule has 1 aromatic rings. The second kappa shape index (κ2) is 15.1. The van der Waals surface area contributed by atoms with Gasteiger partial charge in [0.05, 0.1) is 56.0 Å². The van der Waals surface area contributed by atoms with E-state index in [1.165, 1.54) is 4.90 Å². The largest absolute Gasteiger partial charge is 0.395 e. The number of anilines is 1. The summed E-state index contributed by atoms with van der Waals surface area (Å²) in [6.07, 6.45) is -2.39. The summed E-state index contributed by atoms with van der Waals surface area (Å²) in [4.78, 5) is 39.6. The molecular weight excluding hydrogens is 802 g/mol. The van der Waals surface area contributed by atoms with Gasteiger partial charge in [0.25, 0.3) is 11.8 Å². The van der Waals surface area contributed by atoms with E-state index in [0.717, 1.165) is 0 Å². The number of carbonyl (C=O) groups is 3. The summed E-state index contributed by atoms with van der Waals surface area (Å²) >= 11 is 11.2. The van der Waals surface area contributed by atoms with Crippen LogP contribution < -0.4 is 15.5 Å². The van der Waals surface area contributed by atoms with Crippen molar-refractivity contribution in [1.82, 2.24) is 10.6 Å². The summed E-state index contributed by atoms with van der Waals surface area (Å²) in [6.45, 7) is -2.20. The summed E-state index contributed by atoms with van der Waals surface area (Å²) in [7, 11) is 0. The number of benzene rings is 1. The smallest absolute Gasteiger partial charge is 0.253 e. The van der Waals surface area contributed by atoms with E-state index < -0.39 is 55.6 Å². The van der Waals surface area contributed by atoms with Crippen molar-refractivity contribution >= 4 is 103 Å². The molecule has 7 N–H and O–H groups in total. The molecule has 0 aliphatic heterocycles. The molecule has 2 atom stereocenters. The zero-order valence-corrected chi connectivity index (χ0v) is 24.3. The fourth-order valence-electron chi connectivity index (χ4n) is 2.55.